The molecule has 8 nitrogen and oxygen atoms in total. The molecule has 154 valence electrons. The third kappa shape index (κ3) is 10.4. The van der Waals surface area contributed by atoms with Gasteiger partial charge >= 0.3 is 11.9 Å². The molecular weight excluding hydrogens is 352 g/mol. The maximum Gasteiger partial charge on any atom is 0.331 e. The van der Waals surface area contributed by atoms with Gasteiger partial charge in [-0.15, -0.1) is 0 Å². The van der Waals surface area contributed by atoms with Crippen molar-refractivity contribution in [3.05, 3.63) is 12.2 Å². The van der Waals surface area contributed by atoms with Gasteiger partial charge in [-0.25, -0.2) is 9.59 Å². The van der Waals surface area contributed by atoms with Crippen molar-refractivity contribution >= 4 is 11.9 Å². The minimum absolute atomic E-state index is 0.344. The van der Waals surface area contributed by atoms with Gasteiger partial charge < -0.3 is 18.9 Å². The Morgan fingerprint density at radius 1 is 0.704 bits per heavy atom. The summed E-state index contributed by atoms with van der Waals surface area (Å²) in [7, 11) is 0. The Bertz CT molecular complexity index is 459. The lowest BCUT2D eigenvalue weighted by Gasteiger charge is -2.26. The van der Waals surface area contributed by atoms with Crippen LogP contribution in [-0.2, 0) is 28.5 Å². The van der Waals surface area contributed by atoms with Gasteiger partial charge in [0.1, 0.15) is 0 Å². The predicted octanol–water partition coefficient (Wildman–Crippen LogP) is 0.464. The maximum absolute atomic E-state index is 11.6. The summed E-state index contributed by atoms with van der Waals surface area (Å²) in [6, 6.07) is 0. The van der Waals surface area contributed by atoms with Crippen molar-refractivity contribution in [3.8, 4) is 0 Å². The summed E-state index contributed by atoms with van der Waals surface area (Å²) >= 11 is 0. The van der Waals surface area contributed by atoms with E-state index in [-0.39, 0.29) is 0 Å². The molecule has 2 aliphatic rings. The Morgan fingerprint density at radius 2 is 1.15 bits per heavy atom. The predicted molar refractivity (Wildman–Crippen MR) is 99.4 cm³/mol. The van der Waals surface area contributed by atoms with Gasteiger partial charge in [0.2, 0.25) is 0 Å². The highest BCUT2D eigenvalue weighted by molar-refractivity contribution is 5.91. The summed E-state index contributed by atoms with van der Waals surface area (Å²) in [4.78, 5) is 27.8. The number of hydrogen-bond acceptors (Lipinski definition) is 8. The number of rotatable bonds is 11. The van der Waals surface area contributed by atoms with E-state index in [2.05, 4.69) is 9.80 Å². The normalized spacial score (nSPS) is 19.3. The fourth-order valence-electron chi connectivity index (χ4n) is 2.95. The topological polar surface area (TPSA) is 77.5 Å². The second-order valence-electron chi connectivity index (χ2n) is 6.64. The first-order valence-electron chi connectivity index (χ1n) is 9.86. The lowest BCUT2D eigenvalue weighted by Crippen LogP contribution is -2.37. The second kappa shape index (κ2) is 13.7. The Balaban J connectivity index is 1.42. The molecule has 0 aliphatic carbocycles. The largest absolute Gasteiger partial charge is 0.463 e. The van der Waals surface area contributed by atoms with Crippen LogP contribution in [0.15, 0.2) is 12.2 Å². The van der Waals surface area contributed by atoms with E-state index in [4.69, 9.17) is 18.9 Å². The minimum Gasteiger partial charge on any atom is -0.463 e. The number of hydrogen-bond donors (Lipinski definition) is 0. The van der Waals surface area contributed by atoms with Crippen LogP contribution in [0.1, 0.15) is 19.3 Å². The molecule has 0 bridgehead atoms. The molecule has 0 spiro atoms. The molecule has 0 saturated carbocycles. The summed E-state index contributed by atoms with van der Waals surface area (Å²) in [6.45, 7) is 9.48. The van der Waals surface area contributed by atoms with Crippen LogP contribution in [0.2, 0.25) is 0 Å². The first-order chi connectivity index (χ1) is 13.2. The fraction of sp³-hybridized carbons (Fsp3) is 0.789. The smallest absolute Gasteiger partial charge is 0.331 e. The lowest BCUT2D eigenvalue weighted by atomic mass is 10.3. The van der Waals surface area contributed by atoms with E-state index in [1.807, 2.05) is 0 Å². The zero-order chi connectivity index (χ0) is 19.2. The highest BCUT2D eigenvalue weighted by Crippen LogP contribution is 2.01. The molecule has 2 heterocycles. The standard InChI is InChI=1S/C19H32N2O6/c22-18(26-12-2-1-6-20-8-14-24-15-9-20)4-5-19(23)27-13-3-7-21-10-16-25-17-11-21/h4-5H,1-3,6-17H2/b5-4+. The number of morpholine rings is 2. The van der Waals surface area contributed by atoms with Crippen LogP contribution in [0.25, 0.3) is 0 Å². The number of nitrogens with zero attached hydrogens (tertiary/aromatic N) is 2. The van der Waals surface area contributed by atoms with Crippen molar-refractivity contribution in [2.75, 3.05) is 78.9 Å². The molecule has 0 atom stereocenters. The van der Waals surface area contributed by atoms with Gasteiger partial charge in [0, 0.05) is 44.9 Å². The van der Waals surface area contributed by atoms with Gasteiger partial charge in [-0.05, 0) is 25.8 Å². The second-order valence-corrected chi connectivity index (χ2v) is 6.64. The number of unbranched alkanes of at least 4 members (excludes halogenated alkanes) is 1. The van der Waals surface area contributed by atoms with E-state index in [1.165, 1.54) is 0 Å². The molecule has 2 fully saturated rings. The number of ether oxygens (including phenoxy) is 4. The van der Waals surface area contributed by atoms with E-state index >= 15 is 0 Å². The van der Waals surface area contributed by atoms with E-state index in [1.54, 1.807) is 0 Å². The highest BCUT2D eigenvalue weighted by Gasteiger charge is 2.10. The van der Waals surface area contributed by atoms with Crippen LogP contribution in [-0.4, -0.2) is 101 Å². The third-order valence-electron chi connectivity index (χ3n) is 4.54. The Morgan fingerprint density at radius 3 is 1.67 bits per heavy atom. The average Bonchev–Trinajstić information content (AvgIpc) is 2.71. The molecule has 0 aromatic rings. The Labute approximate surface area is 161 Å². The Hall–Kier alpha value is -1.48. The lowest BCUT2D eigenvalue weighted by molar-refractivity contribution is -0.140. The maximum atomic E-state index is 11.6. The molecule has 8 heteroatoms. The van der Waals surface area contributed by atoms with Crippen molar-refractivity contribution in [2.24, 2.45) is 0 Å². The van der Waals surface area contributed by atoms with Crippen LogP contribution in [0.4, 0.5) is 0 Å². The zero-order valence-corrected chi connectivity index (χ0v) is 16.1. The molecule has 2 rings (SSSR count). The monoisotopic (exact) mass is 384 g/mol. The van der Waals surface area contributed by atoms with Gasteiger partial charge in [-0.1, -0.05) is 0 Å². The number of esters is 2. The van der Waals surface area contributed by atoms with Crippen LogP contribution in [0.5, 0.6) is 0 Å². The minimum atomic E-state index is -0.513. The van der Waals surface area contributed by atoms with Crippen molar-refractivity contribution in [1.29, 1.82) is 0 Å². The molecule has 2 saturated heterocycles. The van der Waals surface area contributed by atoms with Crippen molar-refractivity contribution in [2.45, 2.75) is 19.3 Å². The zero-order valence-electron chi connectivity index (χ0n) is 16.1. The third-order valence-corrected chi connectivity index (χ3v) is 4.54. The molecule has 0 aromatic carbocycles. The van der Waals surface area contributed by atoms with E-state index in [9.17, 15) is 9.59 Å². The summed E-state index contributed by atoms with van der Waals surface area (Å²) in [5.41, 5.74) is 0. The number of carbonyl (C=O) groups excluding carboxylic acids is 2. The van der Waals surface area contributed by atoms with Crippen molar-refractivity contribution in [1.82, 2.24) is 9.80 Å². The van der Waals surface area contributed by atoms with Gasteiger partial charge in [0.25, 0.3) is 0 Å². The van der Waals surface area contributed by atoms with E-state index < -0.39 is 11.9 Å². The van der Waals surface area contributed by atoms with Crippen LogP contribution in [0.3, 0.4) is 0 Å². The molecule has 0 N–H and O–H groups in total. The SMILES string of the molecule is O=C(/C=C/C(=O)OCCCN1CCOCC1)OCCCCN1CCOCC1. The Kier molecular flexibility index (Phi) is 11.0. The average molecular weight is 384 g/mol. The van der Waals surface area contributed by atoms with Crippen LogP contribution < -0.4 is 0 Å². The molecular formula is C19H32N2O6. The van der Waals surface area contributed by atoms with Gasteiger partial charge in [0.05, 0.1) is 39.6 Å². The van der Waals surface area contributed by atoms with Gasteiger partial charge in [-0.2, -0.15) is 0 Å². The first-order valence-corrected chi connectivity index (χ1v) is 9.86. The first kappa shape index (κ1) is 21.8. The summed E-state index contributed by atoms with van der Waals surface area (Å²) in [5, 5.41) is 0. The molecule has 0 unspecified atom stereocenters. The molecule has 2 aliphatic heterocycles. The summed E-state index contributed by atoms with van der Waals surface area (Å²) in [5.74, 6) is -1.02. The van der Waals surface area contributed by atoms with Gasteiger partial charge in [0.15, 0.2) is 0 Å². The van der Waals surface area contributed by atoms with Crippen molar-refractivity contribution < 1.29 is 28.5 Å². The summed E-state index contributed by atoms with van der Waals surface area (Å²) in [6.07, 6.45) is 4.81. The molecule has 27 heavy (non-hydrogen) atoms. The number of carbonyl (C=O) groups is 2. The van der Waals surface area contributed by atoms with Crippen LogP contribution >= 0.6 is 0 Å². The quantitative estimate of drug-likeness (QED) is 0.289. The highest BCUT2D eigenvalue weighted by atomic mass is 16.5. The molecule has 0 amide bonds. The fourth-order valence-corrected chi connectivity index (χ4v) is 2.95. The van der Waals surface area contributed by atoms with E-state index in [0.29, 0.717) is 13.2 Å². The van der Waals surface area contributed by atoms with Crippen LogP contribution in [0, 0.1) is 0 Å². The van der Waals surface area contributed by atoms with E-state index in [0.717, 1.165) is 97.1 Å². The summed E-state index contributed by atoms with van der Waals surface area (Å²) < 4.78 is 20.8. The van der Waals surface area contributed by atoms with Crippen molar-refractivity contribution in [3.63, 3.8) is 0 Å². The molecule has 0 radical (unpaired) electrons. The van der Waals surface area contributed by atoms with Gasteiger partial charge in [-0.3, -0.25) is 9.80 Å². The molecule has 0 aromatic heterocycles.